The number of aromatic nitrogens is 3. The van der Waals surface area contributed by atoms with Crippen molar-refractivity contribution >= 4 is 10.9 Å². The van der Waals surface area contributed by atoms with E-state index in [1.54, 1.807) is 0 Å². The van der Waals surface area contributed by atoms with Gasteiger partial charge in [0.1, 0.15) is 5.69 Å². The lowest BCUT2D eigenvalue weighted by Crippen LogP contribution is -2.15. The number of nitrogens with zero attached hydrogens (tertiary/aromatic N) is 3. The molecule has 6 aromatic carbocycles. The fraction of sp³-hybridized carbons (Fsp3) is 0.0652. The van der Waals surface area contributed by atoms with Crippen LogP contribution in [0.2, 0.25) is 0 Å². The monoisotopic (exact) mass is 627 g/mol. The van der Waals surface area contributed by atoms with Crippen LogP contribution in [-0.4, -0.2) is 15.0 Å². The molecule has 0 amide bonds. The molecule has 0 spiro atoms. The van der Waals surface area contributed by atoms with Crippen molar-refractivity contribution in [2.75, 3.05) is 0 Å². The van der Waals surface area contributed by atoms with Crippen LogP contribution in [0.4, 0.5) is 0 Å². The number of pyridine rings is 1. The molecule has 0 unspecified atom stereocenters. The first-order valence-corrected chi connectivity index (χ1v) is 16.8. The van der Waals surface area contributed by atoms with Gasteiger partial charge < -0.3 is 0 Å². The molecule has 49 heavy (non-hydrogen) atoms. The van der Waals surface area contributed by atoms with Gasteiger partial charge in [-0.15, -0.1) is 0 Å². The summed E-state index contributed by atoms with van der Waals surface area (Å²) in [7, 11) is 0. The van der Waals surface area contributed by atoms with Crippen LogP contribution in [0, 0.1) is 0 Å². The summed E-state index contributed by atoms with van der Waals surface area (Å²) in [5.74, 6) is 0.611. The minimum absolute atomic E-state index is 0.123. The fourth-order valence-corrected chi connectivity index (χ4v) is 7.24. The van der Waals surface area contributed by atoms with Gasteiger partial charge in [-0.2, -0.15) is 0 Å². The molecule has 0 aliphatic heterocycles. The molecule has 2 heterocycles. The van der Waals surface area contributed by atoms with E-state index in [9.17, 15) is 0 Å². The van der Waals surface area contributed by atoms with Crippen LogP contribution >= 0.6 is 0 Å². The normalized spacial score (nSPS) is 12.9. The highest BCUT2D eigenvalue weighted by atomic mass is 14.9. The van der Waals surface area contributed by atoms with Gasteiger partial charge in [-0.1, -0.05) is 141 Å². The summed E-state index contributed by atoms with van der Waals surface area (Å²) < 4.78 is 0. The van der Waals surface area contributed by atoms with Crippen LogP contribution in [0.1, 0.15) is 25.0 Å². The summed E-state index contributed by atoms with van der Waals surface area (Å²) in [6, 6.07) is 57.9. The van der Waals surface area contributed by atoms with Gasteiger partial charge in [0, 0.05) is 21.9 Å². The quantitative estimate of drug-likeness (QED) is 0.191. The smallest absolute Gasteiger partial charge is 0.179 e. The average Bonchev–Trinajstić information content (AvgIpc) is 3.40. The molecule has 0 saturated carbocycles. The second-order valence-corrected chi connectivity index (χ2v) is 13.3. The Kier molecular flexibility index (Phi) is 6.80. The molecule has 1 aliphatic rings. The maximum atomic E-state index is 5.11. The number of hydrogen-bond acceptors (Lipinski definition) is 3. The molecule has 0 N–H and O–H groups in total. The molecular weight excluding hydrogens is 595 g/mol. The van der Waals surface area contributed by atoms with E-state index in [4.69, 9.17) is 15.0 Å². The van der Waals surface area contributed by atoms with Crippen LogP contribution in [-0.2, 0) is 5.41 Å². The molecule has 0 fully saturated rings. The Morgan fingerprint density at radius 3 is 1.63 bits per heavy atom. The molecule has 0 saturated heterocycles. The zero-order valence-electron chi connectivity index (χ0n) is 27.4. The zero-order chi connectivity index (χ0) is 33.0. The van der Waals surface area contributed by atoms with Gasteiger partial charge in [0.15, 0.2) is 5.82 Å². The molecule has 3 heteroatoms. The van der Waals surface area contributed by atoms with Crippen LogP contribution in [0.25, 0.3) is 78.3 Å². The zero-order valence-corrected chi connectivity index (χ0v) is 27.4. The standard InChI is InChI=1S/C46H33N3/c1-46(2)39-27-34(30-12-5-3-6-13-30)20-23-37(39)38-24-21-35(28-40(38)46)33-17-11-18-36(26-33)44-29-43(31-14-7-4-8-15-31)48-45(49-44)42-25-22-32-16-9-10-19-41(32)47-42/h3-29H,1-2H3. The predicted octanol–water partition coefficient (Wildman–Crippen LogP) is 11.7. The van der Waals surface area contributed by atoms with Crippen LogP contribution in [0.15, 0.2) is 164 Å². The van der Waals surface area contributed by atoms with Gasteiger partial charge in [-0.25, -0.2) is 15.0 Å². The first-order chi connectivity index (χ1) is 24.0. The summed E-state index contributed by atoms with van der Waals surface area (Å²) in [5, 5.41) is 1.09. The van der Waals surface area contributed by atoms with Gasteiger partial charge >= 0.3 is 0 Å². The van der Waals surface area contributed by atoms with E-state index in [2.05, 4.69) is 135 Å². The van der Waals surface area contributed by atoms with Crippen molar-refractivity contribution in [1.82, 2.24) is 15.0 Å². The van der Waals surface area contributed by atoms with E-state index in [-0.39, 0.29) is 5.41 Å². The number of rotatable bonds is 5. The van der Waals surface area contributed by atoms with Gasteiger partial charge in [-0.3, -0.25) is 0 Å². The lowest BCUT2D eigenvalue weighted by molar-refractivity contribution is 0.661. The van der Waals surface area contributed by atoms with Crippen molar-refractivity contribution < 1.29 is 0 Å². The third kappa shape index (κ3) is 5.12. The van der Waals surface area contributed by atoms with Crippen molar-refractivity contribution in [3.63, 3.8) is 0 Å². The number of benzene rings is 6. The molecule has 0 bridgehead atoms. The molecule has 1 aliphatic carbocycles. The minimum atomic E-state index is -0.123. The third-order valence-corrected chi connectivity index (χ3v) is 9.90. The molecular formula is C46H33N3. The van der Waals surface area contributed by atoms with E-state index in [1.807, 2.05) is 42.5 Å². The Bertz CT molecular complexity index is 2520. The predicted molar refractivity (Wildman–Crippen MR) is 202 cm³/mol. The molecule has 8 aromatic rings. The van der Waals surface area contributed by atoms with E-state index in [0.717, 1.165) is 44.7 Å². The molecule has 2 aromatic heterocycles. The Balaban J connectivity index is 1.12. The first kappa shape index (κ1) is 29.0. The minimum Gasteiger partial charge on any atom is -0.244 e. The van der Waals surface area contributed by atoms with E-state index in [0.29, 0.717) is 5.82 Å². The van der Waals surface area contributed by atoms with Crippen LogP contribution < -0.4 is 0 Å². The third-order valence-electron chi connectivity index (χ3n) is 9.90. The SMILES string of the molecule is CC1(C)c2cc(-c3ccccc3)ccc2-c2ccc(-c3cccc(-c4cc(-c5ccccc5)nc(-c5ccc6ccccc6n5)n4)c3)cc21. The van der Waals surface area contributed by atoms with E-state index >= 15 is 0 Å². The maximum absolute atomic E-state index is 5.11. The summed E-state index contributed by atoms with van der Waals surface area (Å²) in [6.45, 7) is 4.70. The van der Waals surface area contributed by atoms with Gasteiger partial charge in [0.25, 0.3) is 0 Å². The topological polar surface area (TPSA) is 38.7 Å². The summed E-state index contributed by atoms with van der Waals surface area (Å²) >= 11 is 0. The van der Waals surface area contributed by atoms with E-state index in [1.165, 1.54) is 38.9 Å². The second-order valence-electron chi connectivity index (χ2n) is 13.3. The largest absolute Gasteiger partial charge is 0.244 e. The lowest BCUT2D eigenvalue weighted by Gasteiger charge is -2.22. The lowest BCUT2D eigenvalue weighted by atomic mass is 9.81. The Labute approximate surface area is 286 Å². The van der Waals surface area contributed by atoms with Crippen LogP contribution in [0.5, 0.6) is 0 Å². The summed E-state index contributed by atoms with van der Waals surface area (Å²) in [6.07, 6.45) is 0. The molecule has 3 nitrogen and oxygen atoms in total. The maximum Gasteiger partial charge on any atom is 0.179 e. The van der Waals surface area contributed by atoms with Crippen molar-refractivity contribution in [2.45, 2.75) is 19.3 Å². The van der Waals surface area contributed by atoms with Gasteiger partial charge in [0.2, 0.25) is 0 Å². The average molecular weight is 628 g/mol. The number of para-hydroxylation sites is 1. The van der Waals surface area contributed by atoms with Crippen molar-refractivity contribution in [3.8, 4) is 67.4 Å². The molecule has 232 valence electrons. The van der Waals surface area contributed by atoms with Crippen molar-refractivity contribution in [2.24, 2.45) is 0 Å². The Hall–Kier alpha value is -6.19. The fourth-order valence-electron chi connectivity index (χ4n) is 7.24. The van der Waals surface area contributed by atoms with Gasteiger partial charge in [0.05, 0.1) is 16.9 Å². The molecule has 0 radical (unpaired) electrons. The highest BCUT2D eigenvalue weighted by molar-refractivity contribution is 5.87. The Morgan fingerprint density at radius 2 is 0.918 bits per heavy atom. The van der Waals surface area contributed by atoms with E-state index < -0.39 is 0 Å². The van der Waals surface area contributed by atoms with Crippen LogP contribution in [0.3, 0.4) is 0 Å². The second kappa shape index (κ2) is 11.5. The Morgan fingerprint density at radius 1 is 0.367 bits per heavy atom. The molecule has 0 atom stereocenters. The highest BCUT2D eigenvalue weighted by Crippen LogP contribution is 2.50. The summed E-state index contributed by atoms with van der Waals surface area (Å²) in [4.78, 5) is 15.1. The van der Waals surface area contributed by atoms with Crippen molar-refractivity contribution in [3.05, 3.63) is 175 Å². The highest BCUT2D eigenvalue weighted by Gasteiger charge is 2.35. The van der Waals surface area contributed by atoms with Crippen molar-refractivity contribution in [1.29, 1.82) is 0 Å². The first-order valence-electron chi connectivity index (χ1n) is 16.8. The number of fused-ring (bicyclic) bond motifs is 4. The van der Waals surface area contributed by atoms with Gasteiger partial charge in [-0.05, 0) is 80.9 Å². The molecule has 9 rings (SSSR count). The summed E-state index contributed by atoms with van der Waals surface area (Å²) in [5.41, 5.74) is 15.6. The number of hydrogen-bond donors (Lipinski definition) is 0.